The molecule has 0 unspecified atom stereocenters. The number of benzene rings is 1. The quantitative estimate of drug-likeness (QED) is 0.823. The molecule has 0 atom stereocenters. The van der Waals surface area contributed by atoms with Crippen LogP contribution in [0.15, 0.2) is 35.2 Å². The van der Waals surface area contributed by atoms with Crippen molar-refractivity contribution in [3.63, 3.8) is 0 Å². The Bertz CT molecular complexity index is 479. The highest BCUT2D eigenvalue weighted by molar-refractivity contribution is 9.10. The first-order valence-corrected chi connectivity index (χ1v) is 5.74. The predicted molar refractivity (Wildman–Crippen MR) is 65.2 cm³/mol. The Morgan fingerprint density at radius 3 is 2.87 bits per heavy atom. The lowest BCUT2D eigenvalue weighted by atomic mass is 10.2. The molecule has 0 aliphatic carbocycles. The first kappa shape index (κ1) is 10.7. The molecule has 0 aliphatic rings. The van der Waals surface area contributed by atoms with Gasteiger partial charge in [0.25, 0.3) is 0 Å². The summed E-state index contributed by atoms with van der Waals surface area (Å²) >= 11 is 9.52. The molecule has 1 heterocycles. The van der Waals surface area contributed by atoms with Crippen LogP contribution < -0.4 is 0 Å². The first-order chi connectivity index (χ1) is 7.16. The molecule has 1 aromatic carbocycles. The number of hydrogen-bond donors (Lipinski definition) is 0. The molecule has 1 aromatic heterocycles. The maximum absolute atomic E-state index is 6.14. The number of aryl methyl sites for hydroxylation is 1. The van der Waals surface area contributed by atoms with E-state index in [1.165, 1.54) is 0 Å². The van der Waals surface area contributed by atoms with E-state index in [0.717, 1.165) is 27.3 Å². The molecule has 2 aromatic rings. The van der Waals surface area contributed by atoms with Crippen LogP contribution in [-0.2, 0) is 6.54 Å². The van der Waals surface area contributed by atoms with Gasteiger partial charge < -0.3 is 4.57 Å². The summed E-state index contributed by atoms with van der Waals surface area (Å²) in [7, 11) is 0. The lowest BCUT2D eigenvalue weighted by Gasteiger charge is -2.07. The summed E-state index contributed by atoms with van der Waals surface area (Å²) in [6.07, 6.45) is 3.65. The molecule has 0 saturated heterocycles. The highest BCUT2D eigenvalue weighted by atomic mass is 79.9. The van der Waals surface area contributed by atoms with E-state index in [2.05, 4.69) is 25.5 Å². The fourth-order valence-corrected chi connectivity index (χ4v) is 2.12. The fourth-order valence-electron chi connectivity index (χ4n) is 1.39. The van der Waals surface area contributed by atoms with Crippen molar-refractivity contribution in [2.24, 2.45) is 0 Å². The minimum absolute atomic E-state index is 0.762. The summed E-state index contributed by atoms with van der Waals surface area (Å²) in [5.74, 6) is 0. The van der Waals surface area contributed by atoms with Gasteiger partial charge in [0.1, 0.15) is 0 Å². The number of imidazole rings is 1. The molecule has 2 rings (SSSR count). The van der Waals surface area contributed by atoms with Gasteiger partial charge in [0.05, 0.1) is 12.9 Å². The van der Waals surface area contributed by atoms with E-state index < -0.39 is 0 Å². The van der Waals surface area contributed by atoms with Crippen molar-refractivity contribution >= 4 is 27.5 Å². The smallest absolute Gasteiger partial charge is 0.0951 e. The minimum atomic E-state index is 0.762. The van der Waals surface area contributed by atoms with Gasteiger partial charge in [0, 0.05) is 21.4 Å². The molecule has 0 N–H and O–H groups in total. The summed E-state index contributed by atoms with van der Waals surface area (Å²) in [6.45, 7) is 2.79. The second-order valence-electron chi connectivity index (χ2n) is 3.40. The predicted octanol–water partition coefficient (Wildman–Crippen LogP) is 3.66. The molecule has 0 radical (unpaired) electrons. The van der Waals surface area contributed by atoms with Gasteiger partial charge in [-0.05, 0) is 24.6 Å². The average Bonchev–Trinajstić information content (AvgIpc) is 2.57. The van der Waals surface area contributed by atoms with E-state index in [1.54, 1.807) is 0 Å². The standard InChI is InChI=1S/C11H10BrClN2/c1-8-5-14-7-15(8)6-9-2-3-10(12)4-11(9)13/h2-5,7H,6H2,1H3. The van der Waals surface area contributed by atoms with Crippen molar-refractivity contribution in [1.29, 1.82) is 0 Å². The monoisotopic (exact) mass is 284 g/mol. The molecule has 0 aliphatic heterocycles. The van der Waals surface area contributed by atoms with Crippen LogP contribution in [0.4, 0.5) is 0 Å². The van der Waals surface area contributed by atoms with Crippen LogP contribution in [0, 0.1) is 6.92 Å². The molecular formula is C11H10BrClN2. The number of nitrogens with zero attached hydrogens (tertiary/aromatic N) is 2. The molecular weight excluding hydrogens is 275 g/mol. The van der Waals surface area contributed by atoms with Gasteiger partial charge in [-0.25, -0.2) is 4.98 Å². The largest absolute Gasteiger partial charge is 0.330 e. The SMILES string of the molecule is Cc1cncn1Cc1ccc(Br)cc1Cl. The van der Waals surface area contributed by atoms with Gasteiger partial charge in [-0.3, -0.25) is 0 Å². The zero-order valence-corrected chi connectivity index (χ0v) is 10.6. The zero-order valence-electron chi connectivity index (χ0n) is 8.24. The van der Waals surface area contributed by atoms with E-state index in [4.69, 9.17) is 11.6 Å². The summed E-state index contributed by atoms with van der Waals surface area (Å²) in [4.78, 5) is 4.08. The van der Waals surface area contributed by atoms with Crippen LogP contribution in [-0.4, -0.2) is 9.55 Å². The van der Waals surface area contributed by atoms with Crippen molar-refractivity contribution in [2.75, 3.05) is 0 Å². The van der Waals surface area contributed by atoms with Gasteiger partial charge >= 0.3 is 0 Å². The lowest BCUT2D eigenvalue weighted by molar-refractivity contribution is 0.770. The number of hydrogen-bond acceptors (Lipinski definition) is 1. The molecule has 4 heteroatoms. The fraction of sp³-hybridized carbons (Fsp3) is 0.182. The maximum Gasteiger partial charge on any atom is 0.0951 e. The Balaban J connectivity index is 2.29. The minimum Gasteiger partial charge on any atom is -0.330 e. The molecule has 2 nitrogen and oxygen atoms in total. The van der Waals surface area contributed by atoms with Crippen LogP contribution in [0.3, 0.4) is 0 Å². The van der Waals surface area contributed by atoms with E-state index in [9.17, 15) is 0 Å². The lowest BCUT2D eigenvalue weighted by Crippen LogP contribution is -2.00. The molecule has 78 valence electrons. The molecule has 15 heavy (non-hydrogen) atoms. The van der Waals surface area contributed by atoms with Crippen LogP contribution >= 0.6 is 27.5 Å². The van der Waals surface area contributed by atoms with Crippen molar-refractivity contribution in [2.45, 2.75) is 13.5 Å². The Kier molecular flexibility index (Phi) is 3.12. The number of aromatic nitrogens is 2. The topological polar surface area (TPSA) is 17.8 Å². The molecule has 0 fully saturated rings. The normalized spacial score (nSPS) is 10.6. The second-order valence-corrected chi connectivity index (χ2v) is 4.72. The molecule has 0 saturated carbocycles. The third-order valence-corrected chi connectivity index (χ3v) is 3.12. The van der Waals surface area contributed by atoms with E-state index in [-0.39, 0.29) is 0 Å². The van der Waals surface area contributed by atoms with Gasteiger partial charge in [-0.2, -0.15) is 0 Å². The summed E-state index contributed by atoms with van der Waals surface area (Å²) in [6, 6.07) is 5.92. The van der Waals surface area contributed by atoms with Gasteiger partial charge in [0.15, 0.2) is 0 Å². The van der Waals surface area contributed by atoms with Gasteiger partial charge in [0.2, 0.25) is 0 Å². The van der Waals surface area contributed by atoms with Crippen molar-refractivity contribution in [1.82, 2.24) is 9.55 Å². The van der Waals surface area contributed by atoms with E-state index >= 15 is 0 Å². The zero-order chi connectivity index (χ0) is 10.8. The number of rotatable bonds is 2. The second kappa shape index (κ2) is 4.37. The Hall–Kier alpha value is -0.800. The Morgan fingerprint density at radius 2 is 2.27 bits per heavy atom. The Morgan fingerprint density at radius 1 is 1.47 bits per heavy atom. The van der Waals surface area contributed by atoms with Crippen molar-refractivity contribution < 1.29 is 0 Å². The number of halogens is 2. The van der Waals surface area contributed by atoms with E-state index in [0.29, 0.717) is 0 Å². The maximum atomic E-state index is 6.14. The van der Waals surface area contributed by atoms with E-state index in [1.807, 2.05) is 37.6 Å². The van der Waals surface area contributed by atoms with Gasteiger partial charge in [-0.1, -0.05) is 33.6 Å². The van der Waals surface area contributed by atoms with Crippen LogP contribution in [0.25, 0.3) is 0 Å². The highest BCUT2D eigenvalue weighted by Gasteiger charge is 2.03. The summed E-state index contributed by atoms with van der Waals surface area (Å²) in [5, 5.41) is 0.775. The van der Waals surface area contributed by atoms with Crippen LogP contribution in [0.5, 0.6) is 0 Å². The van der Waals surface area contributed by atoms with Crippen LogP contribution in [0.1, 0.15) is 11.3 Å². The molecule has 0 bridgehead atoms. The molecule has 0 spiro atoms. The Labute approximate surface area is 102 Å². The third kappa shape index (κ3) is 2.41. The first-order valence-electron chi connectivity index (χ1n) is 4.57. The van der Waals surface area contributed by atoms with Crippen molar-refractivity contribution in [3.8, 4) is 0 Å². The average molecular weight is 286 g/mol. The summed E-state index contributed by atoms with van der Waals surface area (Å²) in [5.41, 5.74) is 2.23. The highest BCUT2D eigenvalue weighted by Crippen LogP contribution is 2.22. The van der Waals surface area contributed by atoms with Crippen molar-refractivity contribution in [3.05, 3.63) is 51.5 Å². The van der Waals surface area contributed by atoms with Crippen LogP contribution in [0.2, 0.25) is 5.02 Å². The molecule has 0 amide bonds. The van der Waals surface area contributed by atoms with Gasteiger partial charge in [-0.15, -0.1) is 0 Å². The summed E-state index contributed by atoms with van der Waals surface area (Å²) < 4.78 is 3.06. The third-order valence-electron chi connectivity index (χ3n) is 2.28.